The summed E-state index contributed by atoms with van der Waals surface area (Å²) in [5.41, 5.74) is 0.392. The van der Waals surface area contributed by atoms with Crippen LogP contribution in [0.5, 0.6) is 0 Å². The van der Waals surface area contributed by atoms with Gasteiger partial charge in [-0.05, 0) is 44.6 Å². The molecular weight excluding hydrogens is 452 g/mol. The first kappa shape index (κ1) is 26.8. The Balaban J connectivity index is 1.62. The first-order valence-corrected chi connectivity index (χ1v) is 13.7. The number of benzene rings is 1. The van der Waals surface area contributed by atoms with E-state index in [9.17, 15) is 14.4 Å². The van der Waals surface area contributed by atoms with Crippen molar-refractivity contribution in [2.45, 2.75) is 84.3 Å². The molecule has 1 aromatic rings. The Morgan fingerprint density at radius 1 is 1.08 bits per heavy atom. The molecule has 3 heterocycles. The van der Waals surface area contributed by atoms with Crippen molar-refractivity contribution >= 4 is 17.7 Å². The summed E-state index contributed by atoms with van der Waals surface area (Å²) in [6.07, 6.45) is 1.67. The summed E-state index contributed by atoms with van der Waals surface area (Å²) in [4.78, 5) is 46.1. The molecule has 0 aliphatic carbocycles. The molecule has 1 spiro atoms. The van der Waals surface area contributed by atoms with E-state index in [1.54, 1.807) is 0 Å². The van der Waals surface area contributed by atoms with Crippen molar-refractivity contribution in [2.24, 2.45) is 11.3 Å². The molecule has 3 saturated heterocycles. The maximum absolute atomic E-state index is 13.9. The Bertz CT molecular complexity index is 962. The quantitative estimate of drug-likeness (QED) is 0.580. The number of Topliss-reactive ketones (excluding diaryl/α,β-unsaturated/α-hetero) is 1. The van der Waals surface area contributed by atoms with E-state index in [1.165, 1.54) is 10.5 Å². The summed E-state index contributed by atoms with van der Waals surface area (Å²) in [6.45, 7) is 15.5. The molecule has 7 heteroatoms. The molecule has 0 saturated carbocycles. The van der Waals surface area contributed by atoms with E-state index in [2.05, 4.69) is 55.3 Å². The van der Waals surface area contributed by atoms with Crippen LogP contribution < -0.4 is 5.32 Å². The molecule has 0 radical (unpaired) electrons. The maximum atomic E-state index is 13.9. The van der Waals surface area contributed by atoms with E-state index in [-0.39, 0.29) is 47.1 Å². The van der Waals surface area contributed by atoms with Gasteiger partial charge in [0.25, 0.3) is 5.91 Å². The Hall–Kier alpha value is -2.25. The van der Waals surface area contributed by atoms with Gasteiger partial charge < -0.3 is 10.2 Å². The number of carbonyl (C=O) groups excluding carboxylic acids is 3. The minimum Gasteiger partial charge on any atom is -0.316 e. The second kappa shape index (κ2) is 10.3. The molecule has 0 bridgehead atoms. The highest BCUT2D eigenvalue weighted by Crippen LogP contribution is 2.41. The predicted octanol–water partition coefficient (Wildman–Crippen LogP) is 3.89. The van der Waals surface area contributed by atoms with Crippen molar-refractivity contribution < 1.29 is 14.4 Å². The predicted molar refractivity (Wildman–Crippen MR) is 142 cm³/mol. The molecule has 1 aromatic carbocycles. The standard InChI is InChI=1S/C29H44N4O3/c1-7-32-26(35)29(33(20(2)3)27(32)36)13-15-31(16-14-29)25(24(34)17-28(4,5)6)23-19-30-18-22(23)21-11-9-8-10-12-21/h8-12,20,22-23,25,30H,7,13-19H2,1-6H3. The lowest BCUT2D eigenvalue weighted by Gasteiger charge is -2.47. The molecule has 3 amide bonds. The number of nitrogens with zero attached hydrogens (tertiary/aromatic N) is 3. The van der Waals surface area contributed by atoms with Gasteiger partial charge in [0.1, 0.15) is 5.54 Å². The van der Waals surface area contributed by atoms with Gasteiger partial charge in [-0.25, -0.2) is 4.79 Å². The van der Waals surface area contributed by atoms with E-state index < -0.39 is 5.54 Å². The first-order chi connectivity index (χ1) is 17.0. The third kappa shape index (κ3) is 4.84. The zero-order chi connectivity index (χ0) is 26.3. The fraction of sp³-hybridized carbons (Fsp3) is 0.690. The minimum atomic E-state index is -0.790. The molecule has 0 aromatic heterocycles. The van der Waals surface area contributed by atoms with Crippen LogP contribution in [0.15, 0.2) is 30.3 Å². The fourth-order valence-electron chi connectivity index (χ4n) is 6.81. The maximum Gasteiger partial charge on any atom is 0.327 e. The third-order valence-corrected chi connectivity index (χ3v) is 8.32. The zero-order valence-corrected chi connectivity index (χ0v) is 22.9. The average molecular weight is 497 g/mol. The largest absolute Gasteiger partial charge is 0.327 e. The number of carbonyl (C=O) groups is 3. The Labute approximate surface area is 216 Å². The molecule has 3 atom stereocenters. The Morgan fingerprint density at radius 3 is 2.28 bits per heavy atom. The molecule has 3 aliphatic heterocycles. The van der Waals surface area contributed by atoms with Crippen molar-refractivity contribution in [3.63, 3.8) is 0 Å². The number of amides is 3. The highest BCUT2D eigenvalue weighted by atomic mass is 16.2. The molecule has 3 aliphatic rings. The van der Waals surface area contributed by atoms with Crippen LogP contribution in [0.2, 0.25) is 0 Å². The number of hydrogen-bond donors (Lipinski definition) is 1. The number of hydrogen-bond acceptors (Lipinski definition) is 5. The molecule has 3 unspecified atom stereocenters. The smallest absolute Gasteiger partial charge is 0.316 e. The van der Waals surface area contributed by atoms with Crippen LogP contribution in [0.4, 0.5) is 4.79 Å². The highest BCUT2D eigenvalue weighted by molar-refractivity contribution is 6.07. The van der Waals surface area contributed by atoms with E-state index in [0.29, 0.717) is 38.9 Å². The van der Waals surface area contributed by atoms with Crippen LogP contribution in [0.1, 0.15) is 72.3 Å². The van der Waals surface area contributed by atoms with Crippen molar-refractivity contribution in [1.82, 2.24) is 20.0 Å². The lowest BCUT2D eigenvalue weighted by Crippen LogP contribution is -2.61. The van der Waals surface area contributed by atoms with Gasteiger partial charge in [0, 0.05) is 57.0 Å². The molecule has 36 heavy (non-hydrogen) atoms. The number of likely N-dealkylation sites (tertiary alicyclic amines) is 1. The van der Waals surface area contributed by atoms with Crippen molar-refractivity contribution in [3.8, 4) is 0 Å². The van der Waals surface area contributed by atoms with E-state index >= 15 is 0 Å². The molecule has 7 nitrogen and oxygen atoms in total. The molecule has 1 N–H and O–H groups in total. The van der Waals surface area contributed by atoms with Gasteiger partial charge in [-0.15, -0.1) is 0 Å². The highest BCUT2D eigenvalue weighted by Gasteiger charge is 2.59. The van der Waals surface area contributed by atoms with E-state index in [4.69, 9.17) is 0 Å². The second-order valence-corrected chi connectivity index (χ2v) is 12.4. The fourth-order valence-corrected chi connectivity index (χ4v) is 6.81. The number of urea groups is 1. The SMILES string of the molecule is CCN1C(=O)N(C(C)C)C2(CCN(C(C(=O)CC(C)(C)C)C3CNCC3c3ccccc3)CC2)C1=O. The molecule has 3 fully saturated rings. The van der Waals surface area contributed by atoms with Gasteiger partial charge in [0.05, 0.1) is 6.04 Å². The van der Waals surface area contributed by atoms with Crippen LogP contribution in [-0.4, -0.2) is 82.8 Å². The van der Waals surface area contributed by atoms with Gasteiger partial charge in [-0.3, -0.25) is 19.4 Å². The molecular formula is C29H44N4O3. The van der Waals surface area contributed by atoms with Crippen LogP contribution >= 0.6 is 0 Å². The second-order valence-electron chi connectivity index (χ2n) is 12.4. The summed E-state index contributed by atoms with van der Waals surface area (Å²) in [6, 6.07) is 10.1. The van der Waals surface area contributed by atoms with Crippen LogP contribution in [0.3, 0.4) is 0 Å². The minimum absolute atomic E-state index is 0.0515. The van der Waals surface area contributed by atoms with Gasteiger partial charge in [-0.1, -0.05) is 51.1 Å². The van der Waals surface area contributed by atoms with Crippen LogP contribution in [0.25, 0.3) is 0 Å². The summed E-state index contributed by atoms with van der Waals surface area (Å²) in [5, 5.41) is 3.56. The summed E-state index contributed by atoms with van der Waals surface area (Å²) < 4.78 is 0. The van der Waals surface area contributed by atoms with Crippen molar-refractivity contribution in [3.05, 3.63) is 35.9 Å². The average Bonchev–Trinajstić information content (AvgIpc) is 3.36. The van der Waals surface area contributed by atoms with Gasteiger partial charge in [-0.2, -0.15) is 0 Å². The number of imide groups is 1. The van der Waals surface area contributed by atoms with E-state index in [1.807, 2.05) is 31.7 Å². The Kier molecular flexibility index (Phi) is 7.63. The zero-order valence-electron chi connectivity index (χ0n) is 22.9. The van der Waals surface area contributed by atoms with E-state index in [0.717, 1.165) is 13.1 Å². The normalized spacial score (nSPS) is 25.9. The van der Waals surface area contributed by atoms with Gasteiger partial charge in [0.2, 0.25) is 0 Å². The summed E-state index contributed by atoms with van der Waals surface area (Å²) >= 11 is 0. The Morgan fingerprint density at radius 2 is 1.72 bits per heavy atom. The number of nitrogens with one attached hydrogen (secondary N) is 1. The number of rotatable bonds is 7. The molecule has 198 valence electrons. The monoisotopic (exact) mass is 496 g/mol. The van der Waals surface area contributed by atoms with Gasteiger partial charge >= 0.3 is 6.03 Å². The summed E-state index contributed by atoms with van der Waals surface area (Å²) in [7, 11) is 0. The van der Waals surface area contributed by atoms with Crippen LogP contribution in [-0.2, 0) is 9.59 Å². The lowest BCUT2D eigenvalue weighted by molar-refractivity contribution is -0.138. The first-order valence-electron chi connectivity index (χ1n) is 13.7. The van der Waals surface area contributed by atoms with Crippen molar-refractivity contribution in [2.75, 3.05) is 32.7 Å². The lowest BCUT2D eigenvalue weighted by atomic mass is 9.76. The number of likely N-dealkylation sites (N-methyl/N-ethyl adjacent to an activating group) is 1. The summed E-state index contributed by atoms with van der Waals surface area (Å²) in [5.74, 6) is 0.669. The van der Waals surface area contributed by atoms with Crippen molar-refractivity contribution in [1.29, 1.82) is 0 Å². The molecule has 4 rings (SSSR count). The van der Waals surface area contributed by atoms with Crippen LogP contribution in [0, 0.1) is 11.3 Å². The van der Waals surface area contributed by atoms with Gasteiger partial charge in [0.15, 0.2) is 5.78 Å². The number of ketones is 1. The third-order valence-electron chi connectivity index (χ3n) is 8.32. The topological polar surface area (TPSA) is 73.0 Å². The number of piperidine rings is 1.